The number of ketones is 1. The summed E-state index contributed by atoms with van der Waals surface area (Å²) >= 11 is 0. The third kappa shape index (κ3) is 5.69. The van der Waals surface area contributed by atoms with Crippen molar-refractivity contribution in [2.24, 2.45) is 0 Å². The lowest BCUT2D eigenvalue weighted by Crippen LogP contribution is -2.32. The Kier molecular flexibility index (Phi) is 7.02. The number of ether oxygens (including phenoxy) is 1. The smallest absolute Gasteiger partial charge is 0.293 e. The van der Waals surface area contributed by atoms with Gasteiger partial charge in [0.15, 0.2) is 12.4 Å². The summed E-state index contributed by atoms with van der Waals surface area (Å²) < 4.78 is 5.52. The number of carbonyl (C=O) groups excluding carboxylic acids is 2. The van der Waals surface area contributed by atoms with E-state index in [1.54, 1.807) is 66.4 Å². The quantitative estimate of drug-likeness (QED) is 0.279. The van der Waals surface area contributed by atoms with E-state index in [1.165, 1.54) is 12.1 Å². The number of nitrogens with zero attached hydrogens (tertiary/aromatic N) is 3. The molecule has 0 aliphatic carbocycles. The van der Waals surface area contributed by atoms with Gasteiger partial charge in [0.05, 0.1) is 4.92 Å². The molecule has 0 N–H and O–H groups in total. The molecule has 8 nitrogen and oxygen atoms in total. The highest BCUT2D eigenvalue weighted by atomic mass is 16.6. The molecule has 1 fully saturated rings. The molecule has 0 unspecified atom stereocenters. The van der Waals surface area contributed by atoms with E-state index in [9.17, 15) is 19.7 Å². The van der Waals surface area contributed by atoms with Gasteiger partial charge < -0.3 is 14.5 Å². The van der Waals surface area contributed by atoms with Crippen LogP contribution >= 0.6 is 0 Å². The van der Waals surface area contributed by atoms with Gasteiger partial charge in [0.25, 0.3) is 11.6 Å². The molecule has 0 bridgehead atoms. The van der Waals surface area contributed by atoms with Crippen molar-refractivity contribution in [1.82, 2.24) is 4.90 Å². The van der Waals surface area contributed by atoms with Gasteiger partial charge in [-0.25, -0.2) is 0 Å². The lowest BCUT2D eigenvalue weighted by Gasteiger charge is -2.15. The number of hydrogen-bond donors (Lipinski definition) is 0. The summed E-state index contributed by atoms with van der Waals surface area (Å²) in [5, 5.41) is 11.3. The number of benzene rings is 2. The van der Waals surface area contributed by atoms with Crippen LogP contribution in [0.2, 0.25) is 0 Å². The molecule has 0 aromatic heterocycles. The number of allylic oxidation sites excluding steroid dienone is 1. The Hall–Kier alpha value is -3.68. The van der Waals surface area contributed by atoms with E-state index >= 15 is 0 Å². The van der Waals surface area contributed by atoms with Gasteiger partial charge in [0.1, 0.15) is 11.4 Å². The average molecular weight is 423 g/mol. The molecule has 1 amide bonds. The number of amides is 1. The zero-order valence-electron chi connectivity index (χ0n) is 17.6. The van der Waals surface area contributed by atoms with E-state index in [-0.39, 0.29) is 24.0 Å². The number of carbonyl (C=O) groups is 2. The fraction of sp³-hybridized carbons (Fsp3) is 0.304. The van der Waals surface area contributed by atoms with Crippen LogP contribution in [-0.2, 0) is 4.79 Å². The molecule has 1 aliphatic rings. The van der Waals surface area contributed by atoms with E-state index in [0.29, 0.717) is 22.6 Å². The van der Waals surface area contributed by atoms with Crippen molar-refractivity contribution in [3.63, 3.8) is 0 Å². The van der Waals surface area contributed by atoms with Crippen molar-refractivity contribution in [2.45, 2.75) is 12.8 Å². The first-order valence-corrected chi connectivity index (χ1v) is 10.0. The molecule has 0 spiro atoms. The first-order chi connectivity index (χ1) is 14.8. The van der Waals surface area contributed by atoms with Gasteiger partial charge in [-0.1, -0.05) is 12.1 Å². The minimum Gasteiger partial charge on any atom is -0.484 e. The van der Waals surface area contributed by atoms with Crippen LogP contribution in [0.25, 0.3) is 6.08 Å². The molecule has 0 radical (unpaired) electrons. The Bertz CT molecular complexity index is 993. The Balaban J connectivity index is 1.61. The molecule has 1 heterocycles. The number of rotatable bonds is 8. The van der Waals surface area contributed by atoms with Crippen LogP contribution in [0.1, 0.15) is 28.8 Å². The van der Waals surface area contributed by atoms with E-state index < -0.39 is 4.92 Å². The minimum atomic E-state index is -0.443. The Morgan fingerprint density at radius 1 is 1.13 bits per heavy atom. The highest BCUT2D eigenvalue weighted by Crippen LogP contribution is 2.28. The van der Waals surface area contributed by atoms with E-state index in [1.807, 2.05) is 0 Å². The van der Waals surface area contributed by atoms with Crippen molar-refractivity contribution in [3.05, 3.63) is 69.8 Å². The molecule has 1 aliphatic heterocycles. The zero-order valence-corrected chi connectivity index (χ0v) is 17.6. The molecule has 31 heavy (non-hydrogen) atoms. The predicted molar refractivity (Wildman–Crippen MR) is 119 cm³/mol. The molecule has 2 aromatic rings. The summed E-state index contributed by atoms with van der Waals surface area (Å²) in [6.45, 7) is 1.54. The molecular weight excluding hydrogens is 398 g/mol. The van der Waals surface area contributed by atoms with Crippen LogP contribution in [0.4, 0.5) is 11.4 Å². The van der Waals surface area contributed by atoms with Crippen LogP contribution in [-0.4, -0.2) is 55.3 Å². The Labute approximate surface area is 180 Å². The summed E-state index contributed by atoms with van der Waals surface area (Å²) in [7, 11) is 3.47. The van der Waals surface area contributed by atoms with E-state index in [2.05, 4.69) is 0 Å². The summed E-state index contributed by atoms with van der Waals surface area (Å²) in [5.41, 5.74) is 1.48. The van der Waals surface area contributed by atoms with Crippen LogP contribution < -0.4 is 9.64 Å². The van der Waals surface area contributed by atoms with Gasteiger partial charge in [-0.3, -0.25) is 19.7 Å². The number of hydrogen-bond acceptors (Lipinski definition) is 6. The van der Waals surface area contributed by atoms with Crippen molar-refractivity contribution in [1.29, 1.82) is 0 Å². The number of nitro groups is 1. The normalized spacial score (nSPS) is 13.4. The van der Waals surface area contributed by atoms with Crippen molar-refractivity contribution in [3.8, 4) is 5.75 Å². The SMILES string of the molecule is CN(C)c1ccc(/C=C/C(=O)c2ccc(OCC(=O)N3CCCC3)cc2)cc1[N+](=O)[O-]. The lowest BCUT2D eigenvalue weighted by molar-refractivity contribution is -0.384. The molecule has 2 aromatic carbocycles. The maximum absolute atomic E-state index is 12.4. The van der Waals surface area contributed by atoms with E-state index in [0.717, 1.165) is 25.9 Å². The molecule has 1 saturated heterocycles. The van der Waals surface area contributed by atoms with Crippen LogP contribution in [0.5, 0.6) is 5.75 Å². The number of likely N-dealkylation sites (tertiary alicyclic amines) is 1. The van der Waals surface area contributed by atoms with Crippen LogP contribution in [0, 0.1) is 10.1 Å². The fourth-order valence-electron chi connectivity index (χ4n) is 3.35. The van der Waals surface area contributed by atoms with Crippen molar-refractivity contribution < 1.29 is 19.2 Å². The fourth-order valence-corrected chi connectivity index (χ4v) is 3.35. The summed E-state index contributed by atoms with van der Waals surface area (Å²) in [4.78, 5) is 38.8. The third-order valence-electron chi connectivity index (χ3n) is 5.07. The number of nitro benzene ring substituents is 1. The first-order valence-electron chi connectivity index (χ1n) is 10.0. The molecular formula is C23H25N3O5. The molecule has 0 atom stereocenters. The minimum absolute atomic E-state index is 0.0189. The monoisotopic (exact) mass is 423 g/mol. The highest BCUT2D eigenvalue weighted by Gasteiger charge is 2.18. The van der Waals surface area contributed by atoms with Gasteiger partial charge in [-0.2, -0.15) is 0 Å². The van der Waals surface area contributed by atoms with Gasteiger partial charge in [0, 0.05) is 38.8 Å². The zero-order chi connectivity index (χ0) is 22.4. The summed E-state index contributed by atoms with van der Waals surface area (Å²) in [6, 6.07) is 11.4. The van der Waals surface area contributed by atoms with Gasteiger partial charge in [-0.15, -0.1) is 0 Å². The van der Waals surface area contributed by atoms with E-state index in [4.69, 9.17) is 4.74 Å². The topological polar surface area (TPSA) is 93.0 Å². The van der Waals surface area contributed by atoms with Crippen LogP contribution in [0.15, 0.2) is 48.5 Å². The Morgan fingerprint density at radius 3 is 2.42 bits per heavy atom. The maximum Gasteiger partial charge on any atom is 0.293 e. The van der Waals surface area contributed by atoms with Gasteiger partial charge in [0.2, 0.25) is 0 Å². The standard InChI is InChI=1S/C23H25N3O5/c1-24(2)20-11-5-17(15-21(20)26(29)30)6-12-22(27)18-7-9-19(10-8-18)31-16-23(28)25-13-3-4-14-25/h5-12,15H,3-4,13-14,16H2,1-2H3/b12-6+. The van der Waals surface area contributed by atoms with Gasteiger partial charge in [-0.05, 0) is 54.8 Å². The first kappa shape index (κ1) is 22.0. The summed E-state index contributed by atoms with van der Waals surface area (Å²) in [6.07, 6.45) is 4.99. The Morgan fingerprint density at radius 2 is 1.81 bits per heavy atom. The second-order valence-electron chi connectivity index (χ2n) is 7.50. The summed E-state index contributed by atoms with van der Waals surface area (Å²) in [5.74, 6) is 0.247. The largest absolute Gasteiger partial charge is 0.484 e. The third-order valence-corrected chi connectivity index (χ3v) is 5.07. The number of anilines is 1. The second-order valence-corrected chi connectivity index (χ2v) is 7.50. The van der Waals surface area contributed by atoms with Gasteiger partial charge >= 0.3 is 0 Å². The van der Waals surface area contributed by atoms with Crippen molar-refractivity contribution in [2.75, 3.05) is 38.7 Å². The molecule has 162 valence electrons. The highest BCUT2D eigenvalue weighted by molar-refractivity contribution is 6.06. The second kappa shape index (κ2) is 9.88. The lowest BCUT2D eigenvalue weighted by atomic mass is 10.1. The maximum atomic E-state index is 12.4. The molecule has 0 saturated carbocycles. The van der Waals surface area contributed by atoms with Crippen molar-refractivity contribution >= 4 is 29.1 Å². The predicted octanol–water partition coefficient (Wildman–Crippen LogP) is 3.56. The molecule has 3 rings (SSSR count). The molecule has 8 heteroatoms. The van der Waals surface area contributed by atoms with Crippen LogP contribution in [0.3, 0.4) is 0 Å². The average Bonchev–Trinajstić information content (AvgIpc) is 3.31.